The van der Waals surface area contributed by atoms with Crippen molar-refractivity contribution in [1.29, 1.82) is 0 Å². The fourth-order valence-corrected chi connectivity index (χ4v) is 2.52. The van der Waals surface area contributed by atoms with Crippen molar-refractivity contribution in [2.75, 3.05) is 13.7 Å². The number of hydrogen-bond acceptors (Lipinski definition) is 7. The van der Waals surface area contributed by atoms with E-state index in [-0.39, 0.29) is 6.61 Å². The summed E-state index contributed by atoms with van der Waals surface area (Å²) in [5.74, 6) is 2.00. The Bertz CT molecular complexity index is 927. The van der Waals surface area contributed by atoms with Crippen LogP contribution in [0.4, 0.5) is 0 Å². The van der Waals surface area contributed by atoms with E-state index in [1.54, 1.807) is 25.5 Å². The quantitative estimate of drug-likeness (QED) is 0.422. The van der Waals surface area contributed by atoms with Gasteiger partial charge in [-0.1, -0.05) is 34.0 Å². The van der Waals surface area contributed by atoms with Gasteiger partial charge in [-0.2, -0.15) is 4.98 Å². The number of hydrogen-bond donors (Lipinski definition) is 0. The average Bonchev–Trinajstić information content (AvgIpc) is 3.15. The van der Waals surface area contributed by atoms with Gasteiger partial charge in [0, 0.05) is 11.1 Å². The highest BCUT2D eigenvalue weighted by Gasteiger charge is 2.11. The fraction of sp³-hybridized carbons (Fsp3) is 0.211. The van der Waals surface area contributed by atoms with Crippen molar-refractivity contribution in [3.63, 3.8) is 0 Å². The minimum Gasteiger partial charge on any atom is -0.493 e. The molecule has 0 bridgehead atoms. The van der Waals surface area contributed by atoms with Gasteiger partial charge in [0.1, 0.15) is 0 Å². The summed E-state index contributed by atoms with van der Waals surface area (Å²) in [5.41, 5.74) is 1.50. The maximum Gasteiger partial charge on any atom is 0.267 e. The van der Waals surface area contributed by atoms with Gasteiger partial charge in [-0.15, -0.1) is 0 Å². The molecule has 0 aliphatic rings. The molecule has 3 rings (SSSR count). The average molecular weight is 388 g/mol. The summed E-state index contributed by atoms with van der Waals surface area (Å²) in [6.07, 6.45) is 1.56. The first kappa shape index (κ1) is 18.7. The maximum absolute atomic E-state index is 6.12. The van der Waals surface area contributed by atoms with Crippen molar-refractivity contribution in [3.05, 3.63) is 58.9 Å². The topological polar surface area (TPSA) is 79.0 Å². The Kier molecular flexibility index (Phi) is 6.27. The molecule has 0 radical (unpaired) electrons. The lowest BCUT2D eigenvalue weighted by Gasteiger charge is -2.09. The molecule has 0 aliphatic heterocycles. The second kappa shape index (κ2) is 9.05. The highest BCUT2D eigenvalue weighted by atomic mass is 35.5. The molecule has 0 spiro atoms. The molecule has 0 N–H and O–H groups in total. The van der Waals surface area contributed by atoms with Gasteiger partial charge in [-0.3, -0.25) is 0 Å². The van der Waals surface area contributed by atoms with Crippen LogP contribution in [0.25, 0.3) is 11.4 Å². The summed E-state index contributed by atoms with van der Waals surface area (Å²) >= 11 is 6.12. The Morgan fingerprint density at radius 2 is 2.04 bits per heavy atom. The molecule has 0 saturated carbocycles. The number of halogens is 1. The molecule has 7 nitrogen and oxygen atoms in total. The highest BCUT2D eigenvalue weighted by Crippen LogP contribution is 2.27. The van der Waals surface area contributed by atoms with Crippen molar-refractivity contribution >= 4 is 17.8 Å². The van der Waals surface area contributed by atoms with Gasteiger partial charge < -0.3 is 18.8 Å². The molecule has 0 saturated heterocycles. The van der Waals surface area contributed by atoms with E-state index in [1.807, 2.05) is 37.3 Å². The van der Waals surface area contributed by atoms with Crippen LogP contribution in [0.5, 0.6) is 11.5 Å². The third kappa shape index (κ3) is 4.77. The molecular weight excluding hydrogens is 370 g/mol. The largest absolute Gasteiger partial charge is 0.493 e. The number of aromatic nitrogens is 2. The van der Waals surface area contributed by atoms with Gasteiger partial charge in [-0.05, 0) is 37.3 Å². The number of benzene rings is 2. The molecule has 0 fully saturated rings. The van der Waals surface area contributed by atoms with Crippen LogP contribution in [0.1, 0.15) is 18.4 Å². The lowest BCUT2D eigenvalue weighted by atomic mass is 10.2. The number of oxime groups is 1. The molecular formula is C19H18ClN3O4. The van der Waals surface area contributed by atoms with E-state index in [1.165, 1.54) is 0 Å². The van der Waals surface area contributed by atoms with Gasteiger partial charge in [0.25, 0.3) is 5.89 Å². The summed E-state index contributed by atoms with van der Waals surface area (Å²) < 4.78 is 15.9. The van der Waals surface area contributed by atoms with Crippen molar-refractivity contribution in [2.45, 2.75) is 13.5 Å². The van der Waals surface area contributed by atoms with Gasteiger partial charge in [-0.25, -0.2) is 0 Å². The molecule has 2 aromatic carbocycles. The van der Waals surface area contributed by atoms with Crippen LogP contribution in [0.3, 0.4) is 0 Å². The van der Waals surface area contributed by atoms with Crippen LogP contribution in [-0.2, 0) is 11.4 Å². The van der Waals surface area contributed by atoms with Gasteiger partial charge in [0.05, 0.1) is 25.0 Å². The SMILES string of the molecule is CCOc1ccc(/C=N\OCc2nc(-c3ccccc3Cl)no2)cc1OC. The summed E-state index contributed by atoms with van der Waals surface area (Å²) in [6, 6.07) is 12.7. The normalized spacial score (nSPS) is 10.9. The number of nitrogens with zero attached hydrogens (tertiary/aromatic N) is 3. The first-order valence-electron chi connectivity index (χ1n) is 8.25. The maximum atomic E-state index is 6.12. The minimum atomic E-state index is 0.0438. The number of methoxy groups -OCH3 is 1. The Labute approximate surface area is 161 Å². The van der Waals surface area contributed by atoms with Gasteiger partial charge in [0.15, 0.2) is 18.1 Å². The predicted molar refractivity (Wildman–Crippen MR) is 101 cm³/mol. The molecule has 0 aliphatic carbocycles. The van der Waals surface area contributed by atoms with E-state index in [2.05, 4.69) is 15.3 Å². The number of ether oxygens (including phenoxy) is 2. The Hall–Kier alpha value is -3.06. The number of rotatable bonds is 8. The van der Waals surface area contributed by atoms with E-state index in [0.29, 0.717) is 40.4 Å². The first-order valence-corrected chi connectivity index (χ1v) is 8.62. The van der Waals surface area contributed by atoms with Crippen LogP contribution >= 0.6 is 11.6 Å². The van der Waals surface area contributed by atoms with Crippen molar-refractivity contribution in [2.24, 2.45) is 5.16 Å². The van der Waals surface area contributed by atoms with E-state index in [0.717, 1.165) is 5.56 Å². The summed E-state index contributed by atoms with van der Waals surface area (Å²) in [4.78, 5) is 9.47. The zero-order chi connectivity index (χ0) is 19.1. The third-order valence-corrected chi connectivity index (χ3v) is 3.86. The fourth-order valence-electron chi connectivity index (χ4n) is 2.30. The molecule has 1 aromatic heterocycles. The van der Waals surface area contributed by atoms with E-state index < -0.39 is 0 Å². The Morgan fingerprint density at radius 3 is 2.81 bits per heavy atom. The molecule has 0 amide bonds. The third-order valence-electron chi connectivity index (χ3n) is 3.53. The smallest absolute Gasteiger partial charge is 0.267 e. The van der Waals surface area contributed by atoms with Crippen molar-refractivity contribution < 1.29 is 18.8 Å². The molecule has 27 heavy (non-hydrogen) atoms. The summed E-state index contributed by atoms with van der Waals surface area (Å²) in [7, 11) is 1.58. The van der Waals surface area contributed by atoms with E-state index >= 15 is 0 Å². The minimum absolute atomic E-state index is 0.0438. The second-order valence-electron chi connectivity index (χ2n) is 5.34. The summed E-state index contributed by atoms with van der Waals surface area (Å²) in [6.45, 7) is 2.52. The molecule has 0 atom stereocenters. The van der Waals surface area contributed by atoms with Crippen LogP contribution in [0.15, 0.2) is 52.1 Å². The highest BCUT2D eigenvalue weighted by molar-refractivity contribution is 6.33. The van der Waals surface area contributed by atoms with Crippen LogP contribution in [-0.4, -0.2) is 30.1 Å². The predicted octanol–water partition coefficient (Wildman–Crippen LogP) is 4.35. The Morgan fingerprint density at radius 1 is 1.19 bits per heavy atom. The van der Waals surface area contributed by atoms with Crippen molar-refractivity contribution in [1.82, 2.24) is 10.1 Å². The first-order chi connectivity index (χ1) is 13.2. The zero-order valence-electron chi connectivity index (χ0n) is 14.9. The molecule has 0 unspecified atom stereocenters. The standard InChI is InChI=1S/C19H18ClN3O4/c1-3-25-16-9-8-13(10-17(16)24-2)11-21-26-12-18-22-19(23-27-18)14-6-4-5-7-15(14)20/h4-11H,3,12H2,1-2H3/b21-11-. The zero-order valence-corrected chi connectivity index (χ0v) is 15.6. The second-order valence-corrected chi connectivity index (χ2v) is 5.75. The van der Waals surface area contributed by atoms with Crippen molar-refractivity contribution in [3.8, 4) is 22.9 Å². The molecule has 3 aromatic rings. The molecule has 1 heterocycles. The lowest BCUT2D eigenvalue weighted by molar-refractivity contribution is 0.107. The van der Waals surface area contributed by atoms with Crippen LogP contribution < -0.4 is 9.47 Å². The Balaban J connectivity index is 1.59. The van der Waals surface area contributed by atoms with Crippen LogP contribution in [0, 0.1) is 0 Å². The monoisotopic (exact) mass is 387 g/mol. The van der Waals surface area contributed by atoms with E-state index in [4.69, 9.17) is 30.4 Å². The molecule has 8 heteroatoms. The van der Waals surface area contributed by atoms with Gasteiger partial charge in [0.2, 0.25) is 5.82 Å². The van der Waals surface area contributed by atoms with Crippen LogP contribution in [0.2, 0.25) is 5.02 Å². The van der Waals surface area contributed by atoms with E-state index in [9.17, 15) is 0 Å². The van der Waals surface area contributed by atoms with Gasteiger partial charge >= 0.3 is 0 Å². The molecule has 140 valence electrons. The lowest BCUT2D eigenvalue weighted by Crippen LogP contribution is -1.96. The summed E-state index contributed by atoms with van der Waals surface area (Å²) in [5, 5.41) is 8.36.